The van der Waals surface area contributed by atoms with Crippen LogP contribution in [-0.2, 0) is 12.8 Å². The van der Waals surface area contributed by atoms with Gasteiger partial charge in [-0.1, -0.05) is 24.3 Å². The Kier molecular flexibility index (Phi) is 4.33. The molecule has 0 atom stereocenters. The summed E-state index contributed by atoms with van der Waals surface area (Å²) in [5.41, 5.74) is 1.62. The first kappa shape index (κ1) is 16.0. The van der Waals surface area contributed by atoms with Crippen molar-refractivity contribution in [3.05, 3.63) is 65.4 Å². The molecule has 25 heavy (non-hydrogen) atoms. The number of fused-ring (bicyclic) bond motifs is 1. The van der Waals surface area contributed by atoms with Gasteiger partial charge in [-0.05, 0) is 17.5 Å². The molecule has 4 aromatic rings. The van der Waals surface area contributed by atoms with E-state index < -0.39 is 0 Å². The van der Waals surface area contributed by atoms with Gasteiger partial charge in [-0.25, -0.2) is 0 Å². The number of benzene rings is 1. The fourth-order valence-electron chi connectivity index (χ4n) is 2.57. The second kappa shape index (κ2) is 6.78. The summed E-state index contributed by atoms with van der Waals surface area (Å²) < 4.78 is 8.70. The van der Waals surface area contributed by atoms with E-state index in [1.807, 2.05) is 35.7 Å². The number of anilines is 1. The summed E-state index contributed by atoms with van der Waals surface area (Å²) in [6.07, 6.45) is 1.78. The topological polar surface area (TPSA) is 60.1 Å². The van der Waals surface area contributed by atoms with Crippen LogP contribution in [0.3, 0.4) is 0 Å². The smallest absolute Gasteiger partial charge is 0.292 e. The van der Waals surface area contributed by atoms with Crippen LogP contribution in [-0.4, -0.2) is 15.7 Å². The Morgan fingerprint density at radius 2 is 2.16 bits per heavy atom. The SMILES string of the molecule is Cn1ccc(NC(=O)c2oc3ccccc3c2CSc2cccs2)n1. The van der Waals surface area contributed by atoms with Crippen LogP contribution < -0.4 is 5.32 Å². The molecular weight excluding hydrogens is 354 g/mol. The Balaban J connectivity index is 1.66. The average molecular weight is 369 g/mol. The molecule has 0 bridgehead atoms. The molecule has 0 radical (unpaired) electrons. The summed E-state index contributed by atoms with van der Waals surface area (Å²) in [4.78, 5) is 12.7. The predicted octanol–water partition coefficient (Wildman–Crippen LogP) is 4.77. The van der Waals surface area contributed by atoms with Crippen molar-refractivity contribution >= 4 is 45.8 Å². The first-order valence-corrected chi connectivity index (χ1v) is 9.55. The summed E-state index contributed by atoms with van der Waals surface area (Å²) in [5.74, 6) is 1.24. The van der Waals surface area contributed by atoms with Gasteiger partial charge in [0.25, 0.3) is 5.91 Å². The maximum Gasteiger partial charge on any atom is 0.292 e. The third kappa shape index (κ3) is 3.33. The summed E-state index contributed by atoms with van der Waals surface area (Å²) in [6, 6.07) is 13.6. The van der Waals surface area contributed by atoms with E-state index in [0.717, 1.165) is 16.5 Å². The normalized spacial score (nSPS) is 11.1. The van der Waals surface area contributed by atoms with Gasteiger partial charge in [-0.3, -0.25) is 9.48 Å². The van der Waals surface area contributed by atoms with E-state index in [1.165, 1.54) is 4.21 Å². The Labute approximate surface area is 152 Å². The van der Waals surface area contributed by atoms with Gasteiger partial charge in [0, 0.05) is 36.0 Å². The predicted molar refractivity (Wildman–Crippen MR) is 101 cm³/mol. The number of thioether (sulfide) groups is 1. The third-order valence-corrected chi connectivity index (χ3v) is 5.87. The minimum absolute atomic E-state index is 0.281. The third-order valence-electron chi connectivity index (χ3n) is 3.71. The van der Waals surface area contributed by atoms with Gasteiger partial charge in [-0.2, -0.15) is 5.10 Å². The van der Waals surface area contributed by atoms with Crippen molar-refractivity contribution < 1.29 is 9.21 Å². The Bertz CT molecular complexity index is 1020. The molecule has 0 aliphatic carbocycles. The van der Waals surface area contributed by atoms with Crippen molar-refractivity contribution in [1.29, 1.82) is 0 Å². The number of hydrogen-bond donors (Lipinski definition) is 1. The molecule has 4 rings (SSSR count). The van der Waals surface area contributed by atoms with Crippen molar-refractivity contribution in [2.24, 2.45) is 7.05 Å². The summed E-state index contributed by atoms with van der Waals surface area (Å²) in [6.45, 7) is 0. The minimum atomic E-state index is -0.281. The largest absolute Gasteiger partial charge is 0.451 e. The van der Waals surface area contributed by atoms with Crippen molar-refractivity contribution in [3.8, 4) is 0 Å². The zero-order valence-corrected chi connectivity index (χ0v) is 15.1. The van der Waals surface area contributed by atoms with Crippen LogP contribution in [0.5, 0.6) is 0 Å². The van der Waals surface area contributed by atoms with Gasteiger partial charge in [0.2, 0.25) is 0 Å². The zero-order chi connectivity index (χ0) is 17.2. The van der Waals surface area contributed by atoms with Crippen molar-refractivity contribution in [2.75, 3.05) is 5.32 Å². The quantitative estimate of drug-likeness (QED) is 0.515. The number of furan rings is 1. The number of nitrogens with one attached hydrogen (secondary N) is 1. The fraction of sp³-hybridized carbons (Fsp3) is 0.111. The lowest BCUT2D eigenvalue weighted by Gasteiger charge is -2.03. The van der Waals surface area contributed by atoms with Crippen molar-refractivity contribution in [3.63, 3.8) is 0 Å². The molecule has 1 N–H and O–H groups in total. The molecule has 3 heterocycles. The molecule has 1 amide bonds. The molecule has 5 nitrogen and oxygen atoms in total. The number of aromatic nitrogens is 2. The number of thiophene rings is 1. The Hall–Kier alpha value is -2.51. The molecule has 126 valence electrons. The molecule has 3 aromatic heterocycles. The molecule has 0 aliphatic heterocycles. The fourth-order valence-corrected chi connectivity index (χ4v) is 4.38. The van der Waals surface area contributed by atoms with Crippen LogP contribution in [0.1, 0.15) is 16.1 Å². The maximum atomic E-state index is 12.7. The standard InChI is InChI=1S/C18H15N3O2S2/c1-21-9-8-15(20-21)19-18(22)17-13(11-25-16-7-4-10-24-16)12-5-2-3-6-14(12)23-17/h2-10H,11H2,1H3,(H,19,20,22). The second-order valence-corrected chi connectivity index (χ2v) is 7.68. The Morgan fingerprint density at radius 1 is 1.28 bits per heavy atom. The van der Waals surface area contributed by atoms with Crippen LogP contribution in [0, 0.1) is 0 Å². The van der Waals surface area contributed by atoms with Crippen LogP contribution in [0.4, 0.5) is 5.82 Å². The van der Waals surface area contributed by atoms with E-state index in [1.54, 1.807) is 47.1 Å². The number of aryl methyl sites for hydroxylation is 1. The van der Waals surface area contributed by atoms with E-state index in [-0.39, 0.29) is 5.91 Å². The van der Waals surface area contributed by atoms with Crippen LogP contribution in [0.25, 0.3) is 11.0 Å². The first-order valence-electron chi connectivity index (χ1n) is 7.68. The number of nitrogens with zero attached hydrogens (tertiary/aromatic N) is 2. The van der Waals surface area contributed by atoms with Gasteiger partial charge in [0.1, 0.15) is 5.58 Å². The zero-order valence-electron chi connectivity index (χ0n) is 13.4. The molecule has 7 heteroatoms. The van der Waals surface area contributed by atoms with Crippen molar-refractivity contribution in [2.45, 2.75) is 9.96 Å². The number of para-hydroxylation sites is 1. The molecule has 0 saturated carbocycles. The lowest BCUT2D eigenvalue weighted by Crippen LogP contribution is -2.13. The van der Waals surface area contributed by atoms with E-state index in [4.69, 9.17) is 4.42 Å². The highest BCUT2D eigenvalue weighted by molar-refractivity contribution is 8.00. The molecular formula is C18H15N3O2S2. The number of hydrogen-bond acceptors (Lipinski definition) is 5. The monoisotopic (exact) mass is 369 g/mol. The second-order valence-electron chi connectivity index (χ2n) is 5.46. The summed E-state index contributed by atoms with van der Waals surface area (Å²) in [5, 5.41) is 10.0. The Morgan fingerprint density at radius 3 is 2.92 bits per heavy atom. The molecule has 0 aliphatic rings. The maximum absolute atomic E-state index is 12.7. The number of carbonyl (C=O) groups excluding carboxylic acids is 1. The van der Waals surface area contributed by atoms with Gasteiger partial charge in [0.05, 0.1) is 4.21 Å². The van der Waals surface area contributed by atoms with Gasteiger partial charge in [-0.15, -0.1) is 23.1 Å². The van der Waals surface area contributed by atoms with Gasteiger partial charge in [0.15, 0.2) is 11.6 Å². The molecule has 0 fully saturated rings. The van der Waals surface area contributed by atoms with E-state index in [2.05, 4.69) is 16.5 Å². The number of rotatable bonds is 5. The highest BCUT2D eigenvalue weighted by atomic mass is 32.2. The van der Waals surface area contributed by atoms with E-state index in [0.29, 0.717) is 17.3 Å². The van der Waals surface area contributed by atoms with Gasteiger partial charge < -0.3 is 9.73 Å². The number of carbonyl (C=O) groups is 1. The minimum Gasteiger partial charge on any atom is -0.451 e. The molecule has 1 aromatic carbocycles. The average Bonchev–Trinajstić information content (AvgIpc) is 3.33. The van der Waals surface area contributed by atoms with E-state index in [9.17, 15) is 4.79 Å². The van der Waals surface area contributed by atoms with Crippen LogP contribution >= 0.6 is 23.1 Å². The molecule has 0 spiro atoms. The van der Waals surface area contributed by atoms with Gasteiger partial charge >= 0.3 is 0 Å². The lowest BCUT2D eigenvalue weighted by molar-refractivity contribution is 0.0997. The van der Waals surface area contributed by atoms with Crippen LogP contribution in [0.2, 0.25) is 0 Å². The molecule has 0 unspecified atom stereocenters. The first-order chi connectivity index (χ1) is 12.2. The highest BCUT2D eigenvalue weighted by Gasteiger charge is 2.21. The van der Waals surface area contributed by atoms with E-state index >= 15 is 0 Å². The number of amides is 1. The molecule has 0 saturated heterocycles. The van der Waals surface area contributed by atoms with Crippen molar-refractivity contribution in [1.82, 2.24) is 9.78 Å². The summed E-state index contributed by atoms with van der Waals surface area (Å²) in [7, 11) is 1.81. The summed E-state index contributed by atoms with van der Waals surface area (Å²) >= 11 is 3.39. The lowest BCUT2D eigenvalue weighted by atomic mass is 10.1. The van der Waals surface area contributed by atoms with Crippen LogP contribution in [0.15, 0.2) is 62.7 Å². The highest BCUT2D eigenvalue weighted by Crippen LogP contribution is 2.34.